The van der Waals surface area contributed by atoms with Gasteiger partial charge in [0.25, 0.3) is 0 Å². The third kappa shape index (κ3) is 2.16. The van der Waals surface area contributed by atoms with Gasteiger partial charge in [0.2, 0.25) is 5.75 Å². The van der Waals surface area contributed by atoms with Crippen LogP contribution in [0.1, 0.15) is 0 Å². The first-order valence-electron chi connectivity index (χ1n) is 6.67. The minimum atomic E-state index is -0.162. The van der Waals surface area contributed by atoms with Gasteiger partial charge in [0.15, 0.2) is 11.5 Å². The Morgan fingerprint density at radius 2 is 1.77 bits per heavy atom. The van der Waals surface area contributed by atoms with Gasteiger partial charge in [-0.05, 0) is 0 Å². The summed E-state index contributed by atoms with van der Waals surface area (Å²) in [5.41, 5.74) is 1.22. The molecule has 1 aromatic heterocycles. The molecule has 0 aliphatic rings. The zero-order chi connectivity index (χ0) is 15.7. The number of methoxy groups -OCH3 is 2. The molecule has 22 heavy (non-hydrogen) atoms. The Bertz CT molecular complexity index is 885. The molecule has 0 aliphatic heterocycles. The van der Waals surface area contributed by atoms with Crippen LogP contribution in [-0.2, 0) is 0 Å². The number of rotatable bonds is 3. The lowest BCUT2D eigenvalue weighted by Gasteiger charge is -2.12. The van der Waals surface area contributed by atoms with Crippen molar-refractivity contribution in [2.75, 3.05) is 14.2 Å². The molecule has 0 atom stereocenters. The number of fused-ring (bicyclic) bond motifs is 1. The maximum absolute atomic E-state index is 10.3. The number of hydrogen-bond donors (Lipinski definition) is 2. The van der Waals surface area contributed by atoms with Gasteiger partial charge in [-0.1, -0.05) is 30.3 Å². The normalized spacial score (nSPS) is 10.6. The van der Waals surface area contributed by atoms with E-state index in [0.717, 1.165) is 5.56 Å². The second kappa shape index (κ2) is 5.44. The Labute approximate surface area is 126 Å². The first kappa shape index (κ1) is 14.0. The van der Waals surface area contributed by atoms with Crippen LogP contribution in [0.15, 0.2) is 46.9 Å². The average molecular weight is 297 g/mol. The van der Waals surface area contributed by atoms with Crippen molar-refractivity contribution in [2.24, 2.45) is 0 Å². The maximum Gasteiger partial charge on any atom is 0.204 e. The second-order valence-corrected chi connectivity index (χ2v) is 4.72. The molecule has 1 heterocycles. The van der Waals surface area contributed by atoms with E-state index in [1.54, 1.807) is 12.1 Å². The summed E-state index contributed by atoms with van der Waals surface area (Å²) >= 11 is 0. The van der Waals surface area contributed by atoms with Gasteiger partial charge >= 0.3 is 0 Å². The summed E-state index contributed by atoms with van der Waals surface area (Å²) in [5, 5.41) is 18.9. The predicted octanol–water partition coefficient (Wildman–Crippen LogP) is 3.30. The molecule has 2 aromatic carbocycles. The molecule has 0 saturated carbocycles. The fourth-order valence-electron chi connectivity index (χ4n) is 2.39. The number of nitrogens with one attached hydrogen (secondary N) is 1. The van der Waals surface area contributed by atoms with Crippen molar-refractivity contribution in [1.82, 2.24) is 0 Å². The number of phenolic OH excluding ortho intramolecular Hbond substituents is 1. The summed E-state index contributed by atoms with van der Waals surface area (Å²) in [7, 11) is 2.91. The summed E-state index contributed by atoms with van der Waals surface area (Å²) < 4.78 is 16.2. The Morgan fingerprint density at radius 1 is 1.05 bits per heavy atom. The minimum absolute atomic E-state index is 0.151. The number of aromatic hydroxyl groups is 1. The van der Waals surface area contributed by atoms with E-state index in [2.05, 4.69) is 0 Å². The van der Waals surface area contributed by atoms with Gasteiger partial charge in [0.1, 0.15) is 11.3 Å². The lowest BCUT2D eigenvalue weighted by molar-refractivity contribution is 0.334. The van der Waals surface area contributed by atoms with Crippen molar-refractivity contribution >= 4 is 11.0 Å². The van der Waals surface area contributed by atoms with E-state index >= 15 is 0 Å². The quantitative estimate of drug-likeness (QED) is 0.777. The molecule has 0 bridgehead atoms. The summed E-state index contributed by atoms with van der Waals surface area (Å²) in [4.78, 5) is 0. The summed E-state index contributed by atoms with van der Waals surface area (Å²) in [5.74, 6) is 0.918. The highest BCUT2D eigenvalue weighted by Gasteiger charge is 2.18. The number of hydrogen-bond acceptors (Lipinski definition) is 5. The number of ether oxygens (including phenoxy) is 2. The predicted molar refractivity (Wildman–Crippen MR) is 82.3 cm³/mol. The van der Waals surface area contributed by atoms with Crippen molar-refractivity contribution in [3.63, 3.8) is 0 Å². The largest absolute Gasteiger partial charge is 0.504 e. The molecule has 5 heteroatoms. The fraction of sp³-hybridized carbons (Fsp3) is 0.118. The van der Waals surface area contributed by atoms with Gasteiger partial charge in [-0.25, -0.2) is 0 Å². The lowest BCUT2D eigenvalue weighted by atomic mass is 10.1. The molecule has 0 spiro atoms. The van der Waals surface area contributed by atoms with E-state index in [-0.39, 0.29) is 22.2 Å². The SMILES string of the molecule is COc1cc2oc(-c3ccccc3)cc(=N)c2c(O)c1OC. The van der Waals surface area contributed by atoms with Gasteiger partial charge in [0.05, 0.1) is 25.0 Å². The van der Waals surface area contributed by atoms with Crippen LogP contribution >= 0.6 is 0 Å². The van der Waals surface area contributed by atoms with Gasteiger partial charge in [-0.2, -0.15) is 0 Å². The van der Waals surface area contributed by atoms with Crippen molar-refractivity contribution < 1.29 is 19.0 Å². The summed E-state index contributed by atoms with van der Waals surface area (Å²) in [6.07, 6.45) is 0. The molecule has 0 amide bonds. The van der Waals surface area contributed by atoms with Crippen molar-refractivity contribution in [3.8, 4) is 28.6 Å². The third-order valence-corrected chi connectivity index (χ3v) is 3.43. The monoisotopic (exact) mass is 297 g/mol. The van der Waals surface area contributed by atoms with Crippen molar-refractivity contribution in [2.45, 2.75) is 0 Å². The Kier molecular flexibility index (Phi) is 3.47. The van der Waals surface area contributed by atoms with Crippen LogP contribution in [0.25, 0.3) is 22.3 Å². The zero-order valence-corrected chi connectivity index (χ0v) is 12.2. The van der Waals surface area contributed by atoms with E-state index in [9.17, 15) is 5.11 Å². The highest BCUT2D eigenvalue weighted by atomic mass is 16.5. The Balaban J connectivity index is 2.34. The lowest BCUT2D eigenvalue weighted by Crippen LogP contribution is -2.03. The molecule has 3 aromatic rings. The molecule has 5 nitrogen and oxygen atoms in total. The van der Waals surface area contributed by atoms with Gasteiger partial charge in [0, 0.05) is 17.7 Å². The molecule has 0 radical (unpaired) electrons. The van der Waals surface area contributed by atoms with Crippen molar-refractivity contribution in [3.05, 3.63) is 47.8 Å². The van der Waals surface area contributed by atoms with E-state index in [4.69, 9.17) is 19.3 Å². The molecule has 2 N–H and O–H groups in total. The highest BCUT2D eigenvalue weighted by Crippen LogP contribution is 2.41. The van der Waals surface area contributed by atoms with Crippen LogP contribution < -0.4 is 14.8 Å². The van der Waals surface area contributed by atoms with E-state index in [1.807, 2.05) is 30.3 Å². The smallest absolute Gasteiger partial charge is 0.204 e. The molecular weight excluding hydrogens is 282 g/mol. The van der Waals surface area contributed by atoms with E-state index in [0.29, 0.717) is 17.1 Å². The molecule has 0 aliphatic carbocycles. The molecule has 0 fully saturated rings. The van der Waals surface area contributed by atoms with Crippen LogP contribution in [0, 0.1) is 5.41 Å². The van der Waals surface area contributed by atoms with Gasteiger partial charge < -0.3 is 19.0 Å². The first-order chi connectivity index (χ1) is 10.7. The van der Waals surface area contributed by atoms with Crippen molar-refractivity contribution in [1.29, 1.82) is 5.41 Å². The first-order valence-corrected chi connectivity index (χ1v) is 6.67. The van der Waals surface area contributed by atoms with E-state index < -0.39 is 0 Å². The molecule has 112 valence electrons. The number of benzene rings is 2. The third-order valence-electron chi connectivity index (χ3n) is 3.43. The zero-order valence-electron chi connectivity index (χ0n) is 12.2. The van der Waals surface area contributed by atoms with Crippen LogP contribution in [-0.4, -0.2) is 19.3 Å². The average Bonchev–Trinajstić information content (AvgIpc) is 2.54. The van der Waals surface area contributed by atoms with Gasteiger partial charge in [-0.15, -0.1) is 0 Å². The maximum atomic E-state index is 10.3. The highest BCUT2D eigenvalue weighted by molar-refractivity contribution is 5.89. The van der Waals surface area contributed by atoms with Crippen LogP contribution in [0.5, 0.6) is 17.2 Å². The topological polar surface area (TPSA) is 75.7 Å². The minimum Gasteiger partial charge on any atom is -0.504 e. The second-order valence-electron chi connectivity index (χ2n) is 4.72. The van der Waals surface area contributed by atoms with Crippen LogP contribution in [0.2, 0.25) is 0 Å². The summed E-state index contributed by atoms with van der Waals surface area (Å²) in [6.45, 7) is 0. The molecular formula is C17H15NO4. The number of phenols is 1. The Morgan fingerprint density at radius 3 is 2.41 bits per heavy atom. The molecule has 0 saturated heterocycles. The Hall–Kier alpha value is -2.95. The van der Waals surface area contributed by atoms with Crippen LogP contribution in [0.3, 0.4) is 0 Å². The molecule has 0 unspecified atom stereocenters. The van der Waals surface area contributed by atoms with E-state index in [1.165, 1.54) is 14.2 Å². The standard InChI is InChI=1S/C17H15NO4/c1-20-14-9-13-15(16(19)17(14)21-2)11(18)8-12(22-13)10-6-4-3-5-7-10/h3-9,18-19H,1-2H3. The van der Waals surface area contributed by atoms with Crippen LogP contribution in [0.4, 0.5) is 0 Å². The van der Waals surface area contributed by atoms with Gasteiger partial charge in [-0.3, -0.25) is 5.41 Å². The summed E-state index contributed by atoms with van der Waals surface area (Å²) in [6, 6.07) is 12.7. The fourth-order valence-corrected chi connectivity index (χ4v) is 2.39. The molecule has 3 rings (SSSR count).